The van der Waals surface area contributed by atoms with E-state index in [4.69, 9.17) is 0 Å². The number of nitrogens with zero attached hydrogens (tertiary/aromatic N) is 1. The smallest absolute Gasteiger partial charge is 0.253 e. The predicted octanol–water partition coefficient (Wildman–Crippen LogP) is -0.511. The van der Waals surface area contributed by atoms with Crippen LogP contribution in [0, 0.1) is 0 Å². The number of quaternary nitrogens is 1. The highest BCUT2D eigenvalue weighted by atomic mass is 16.1. The molecule has 16 heavy (non-hydrogen) atoms. The number of hydrogen-bond acceptors (Lipinski definition) is 2. The molecule has 0 bridgehead atoms. The van der Waals surface area contributed by atoms with Gasteiger partial charge < -0.3 is 10.2 Å². The molecule has 0 aliphatic carbocycles. The minimum Gasteiger partial charge on any atom is -0.349 e. The summed E-state index contributed by atoms with van der Waals surface area (Å²) in [4.78, 5) is 17.3. The van der Waals surface area contributed by atoms with Crippen LogP contribution in [-0.2, 0) is 0 Å². The van der Waals surface area contributed by atoms with Crippen molar-refractivity contribution in [3.05, 3.63) is 30.1 Å². The average Bonchev–Trinajstić information content (AvgIpc) is 2.33. The van der Waals surface area contributed by atoms with Crippen LogP contribution in [0.2, 0.25) is 0 Å². The molecule has 0 aromatic carbocycles. The maximum Gasteiger partial charge on any atom is 0.253 e. The van der Waals surface area contributed by atoms with Gasteiger partial charge in [-0.05, 0) is 12.1 Å². The van der Waals surface area contributed by atoms with Gasteiger partial charge in [0.15, 0.2) is 0 Å². The molecule has 4 nitrogen and oxygen atoms in total. The first kappa shape index (κ1) is 11.1. The summed E-state index contributed by atoms with van der Waals surface area (Å²) < 4.78 is 0. The second-order valence-electron chi connectivity index (χ2n) is 4.45. The van der Waals surface area contributed by atoms with E-state index < -0.39 is 0 Å². The highest BCUT2D eigenvalue weighted by Gasteiger charge is 2.21. The van der Waals surface area contributed by atoms with Crippen LogP contribution in [0.25, 0.3) is 0 Å². The summed E-state index contributed by atoms with van der Waals surface area (Å²) >= 11 is 0. The van der Waals surface area contributed by atoms with Crippen LogP contribution < -0.4 is 10.2 Å². The zero-order chi connectivity index (χ0) is 11.4. The summed E-state index contributed by atoms with van der Waals surface area (Å²) in [6, 6.07) is 3.91. The number of hydrogen-bond donors (Lipinski definition) is 2. The number of nitrogens with one attached hydrogen (secondary N) is 2. The van der Waals surface area contributed by atoms with E-state index in [1.165, 1.54) is 0 Å². The third-order valence-electron chi connectivity index (χ3n) is 3.10. The van der Waals surface area contributed by atoms with Gasteiger partial charge in [-0.25, -0.2) is 0 Å². The van der Waals surface area contributed by atoms with Crippen LogP contribution in [0.3, 0.4) is 0 Å². The summed E-state index contributed by atoms with van der Waals surface area (Å²) in [6.45, 7) is 2.27. The largest absolute Gasteiger partial charge is 0.349 e. The summed E-state index contributed by atoms with van der Waals surface area (Å²) in [7, 11) is 2.19. The summed E-state index contributed by atoms with van der Waals surface area (Å²) in [5, 5.41) is 3.06. The number of aromatic nitrogens is 1. The number of amides is 1. The first-order valence-electron chi connectivity index (χ1n) is 5.78. The third kappa shape index (κ3) is 2.79. The van der Waals surface area contributed by atoms with Crippen LogP contribution in [0.5, 0.6) is 0 Å². The van der Waals surface area contributed by atoms with E-state index in [-0.39, 0.29) is 5.91 Å². The van der Waals surface area contributed by atoms with E-state index in [9.17, 15) is 4.79 Å². The predicted molar refractivity (Wildman–Crippen MR) is 61.3 cm³/mol. The SMILES string of the molecule is C[NH+]1CCC(NC(=O)c2cccnc2)CC1. The van der Waals surface area contributed by atoms with Crippen LogP contribution in [0.4, 0.5) is 0 Å². The van der Waals surface area contributed by atoms with E-state index in [1.54, 1.807) is 29.4 Å². The Morgan fingerprint density at radius 1 is 1.50 bits per heavy atom. The van der Waals surface area contributed by atoms with Gasteiger partial charge >= 0.3 is 0 Å². The number of carbonyl (C=O) groups excluding carboxylic acids is 1. The van der Waals surface area contributed by atoms with Crippen LogP contribution in [0.15, 0.2) is 24.5 Å². The Morgan fingerprint density at radius 2 is 2.25 bits per heavy atom. The van der Waals surface area contributed by atoms with E-state index >= 15 is 0 Å². The molecule has 1 aliphatic heterocycles. The van der Waals surface area contributed by atoms with Gasteiger partial charge in [-0.3, -0.25) is 9.78 Å². The van der Waals surface area contributed by atoms with Crippen LogP contribution in [0.1, 0.15) is 23.2 Å². The lowest BCUT2D eigenvalue weighted by molar-refractivity contribution is -0.884. The number of likely N-dealkylation sites (tertiary alicyclic amines) is 1. The first-order chi connectivity index (χ1) is 7.75. The van der Waals surface area contributed by atoms with Crippen molar-refractivity contribution in [3.8, 4) is 0 Å². The van der Waals surface area contributed by atoms with E-state index in [1.807, 2.05) is 0 Å². The number of carbonyl (C=O) groups is 1. The molecule has 1 amide bonds. The Labute approximate surface area is 95.7 Å². The fourth-order valence-electron chi connectivity index (χ4n) is 2.02. The van der Waals surface area contributed by atoms with Gasteiger partial charge in [0.1, 0.15) is 0 Å². The second-order valence-corrected chi connectivity index (χ2v) is 4.45. The molecule has 1 aliphatic rings. The van der Waals surface area contributed by atoms with Gasteiger partial charge in [-0.1, -0.05) is 0 Å². The molecule has 2 heterocycles. The lowest BCUT2D eigenvalue weighted by Gasteiger charge is -2.27. The van der Waals surface area contributed by atoms with Crippen molar-refractivity contribution >= 4 is 5.91 Å². The van der Waals surface area contributed by atoms with Crippen LogP contribution >= 0.6 is 0 Å². The normalized spacial score (nSPS) is 25.1. The van der Waals surface area contributed by atoms with Gasteiger partial charge in [0.2, 0.25) is 0 Å². The van der Waals surface area contributed by atoms with Crippen LogP contribution in [-0.4, -0.2) is 37.1 Å². The third-order valence-corrected chi connectivity index (χ3v) is 3.10. The van der Waals surface area contributed by atoms with Crippen molar-refractivity contribution in [2.45, 2.75) is 18.9 Å². The monoisotopic (exact) mass is 220 g/mol. The Kier molecular flexibility index (Phi) is 3.51. The molecule has 0 atom stereocenters. The molecule has 0 unspecified atom stereocenters. The molecule has 4 heteroatoms. The molecule has 86 valence electrons. The van der Waals surface area contributed by atoms with Crippen molar-refractivity contribution in [1.82, 2.24) is 10.3 Å². The molecular formula is C12H18N3O+. The van der Waals surface area contributed by atoms with Crippen molar-refractivity contribution in [1.29, 1.82) is 0 Å². The second kappa shape index (κ2) is 5.07. The molecule has 1 aromatic rings. The standard InChI is InChI=1S/C12H17N3O/c1-15-7-4-11(5-8-15)14-12(16)10-3-2-6-13-9-10/h2-3,6,9,11H,4-5,7-8H2,1H3,(H,14,16)/p+1. The minimum absolute atomic E-state index is 0.00217. The highest BCUT2D eigenvalue weighted by Crippen LogP contribution is 2.02. The van der Waals surface area contributed by atoms with Crippen molar-refractivity contribution in [3.63, 3.8) is 0 Å². The zero-order valence-corrected chi connectivity index (χ0v) is 9.57. The Hall–Kier alpha value is -1.42. The summed E-state index contributed by atoms with van der Waals surface area (Å²) in [6.07, 6.45) is 5.42. The minimum atomic E-state index is -0.00217. The van der Waals surface area contributed by atoms with Gasteiger partial charge in [0.25, 0.3) is 5.91 Å². The zero-order valence-electron chi connectivity index (χ0n) is 9.57. The fraction of sp³-hybridized carbons (Fsp3) is 0.500. The van der Waals surface area contributed by atoms with Gasteiger partial charge in [-0.2, -0.15) is 0 Å². The molecular weight excluding hydrogens is 202 g/mol. The van der Waals surface area contributed by atoms with Gasteiger partial charge in [0.05, 0.1) is 25.7 Å². The number of pyridine rings is 1. The van der Waals surface area contributed by atoms with Crippen molar-refractivity contribution in [2.24, 2.45) is 0 Å². The fourth-order valence-corrected chi connectivity index (χ4v) is 2.02. The molecule has 2 rings (SSSR count). The molecule has 1 aromatic heterocycles. The van der Waals surface area contributed by atoms with Gasteiger partial charge in [-0.15, -0.1) is 0 Å². The lowest BCUT2D eigenvalue weighted by atomic mass is 10.1. The Morgan fingerprint density at radius 3 is 2.88 bits per heavy atom. The molecule has 1 saturated heterocycles. The molecule has 2 N–H and O–H groups in total. The number of rotatable bonds is 2. The Balaban J connectivity index is 1.88. The topological polar surface area (TPSA) is 46.4 Å². The van der Waals surface area contributed by atoms with E-state index in [0.717, 1.165) is 25.9 Å². The highest BCUT2D eigenvalue weighted by molar-refractivity contribution is 5.93. The summed E-state index contributed by atoms with van der Waals surface area (Å²) in [5.74, 6) is -0.00217. The first-order valence-corrected chi connectivity index (χ1v) is 5.78. The molecule has 1 fully saturated rings. The molecule has 0 saturated carbocycles. The van der Waals surface area contributed by atoms with E-state index in [0.29, 0.717) is 11.6 Å². The maximum absolute atomic E-state index is 11.8. The quantitative estimate of drug-likeness (QED) is 0.705. The molecule has 0 spiro atoms. The maximum atomic E-state index is 11.8. The average molecular weight is 220 g/mol. The Bertz CT molecular complexity index is 345. The van der Waals surface area contributed by atoms with E-state index in [2.05, 4.69) is 17.3 Å². The van der Waals surface area contributed by atoms with Crippen molar-refractivity contribution < 1.29 is 9.69 Å². The number of piperidine rings is 1. The molecule has 0 radical (unpaired) electrons. The van der Waals surface area contributed by atoms with Crippen molar-refractivity contribution in [2.75, 3.05) is 20.1 Å². The summed E-state index contributed by atoms with van der Waals surface area (Å²) in [5.41, 5.74) is 0.647. The lowest BCUT2D eigenvalue weighted by Crippen LogP contribution is -3.10. The van der Waals surface area contributed by atoms with Gasteiger partial charge in [0, 0.05) is 31.3 Å².